The van der Waals surface area contributed by atoms with Gasteiger partial charge in [0.15, 0.2) is 17.3 Å². The van der Waals surface area contributed by atoms with E-state index in [0.29, 0.717) is 0 Å². The van der Waals surface area contributed by atoms with Crippen LogP contribution in [-0.4, -0.2) is 13.9 Å². The molecule has 0 amide bonds. The fourth-order valence-electron chi connectivity index (χ4n) is 2.22. The minimum atomic E-state index is -4.86. The Labute approximate surface area is 148 Å². The second-order valence-corrected chi connectivity index (χ2v) is 6.42. The molecular formula is C13H6F5IN4S. The van der Waals surface area contributed by atoms with Gasteiger partial charge in [-0.25, -0.2) is 18.7 Å². The van der Waals surface area contributed by atoms with Crippen LogP contribution in [0, 0.1) is 11.6 Å². The van der Waals surface area contributed by atoms with Crippen LogP contribution >= 0.6 is 30.3 Å². The van der Waals surface area contributed by atoms with Crippen molar-refractivity contribution in [2.24, 2.45) is 0 Å². The zero-order valence-corrected chi connectivity index (χ0v) is 14.4. The topological polar surface area (TPSA) is 56.7 Å². The van der Waals surface area contributed by atoms with Crippen LogP contribution in [-0.2, 0) is 6.18 Å². The van der Waals surface area contributed by atoms with Gasteiger partial charge in [-0.15, -0.1) is 0 Å². The van der Waals surface area contributed by atoms with Gasteiger partial charge >= 0.3 is 6.18 Å². The molecule has 0 aromatic carbocycles. The summed E-state index contributed by atoms with van der Waals surface area (Å²) in [5.74, 6) is -2.67. The molecule has 2 N–H and O–H groups in total. The van der Waals surface area contributed by atoms with E-state index in [2.05, 4.69) is 9.97 Å². The molecule has 3 aromatic heterocycles. The second kappa shape index (κ2) is 6.02. The first-order valence-electron chi connectivity index (χ1n) is 6.21. The van der Waals surface area contributed by atoms with E-state index in [-0.39, 0.29) is 22.7 Å². The zero-order valence-electron chi connectivity index (χ0n) is 11.4. The van der Waals surface area contributed by atoms with Crippen molar-refractivity contribution in [2.75, 3.05) is 5.73 Å². The molecule has 0 unspecified atom stereocenters. The Morgan fingerprint density at radius 3 is 2.54 bits per heavy atom. The maximum absolute atomic E-state index is 13.5. The number of fused-ring (bicyclic) bond motifs is 1. The molecule has 0 bridgehead atoms. The Morgan fingerprint density at radius 1 is 1.21 bits per heavy atom. The van der Waals surface area contributed by atoms with E-state index in [0.717, 1.165) is 21.4 Å². The van der Waals surface area contributed by atoms with E-state index in [1.807, 2.05) is 21.2 Å². The Hall–Kier alpha value is -1.63. The summed E-state index contributed by atoms with van der Waals surface area (Å²) in [6.45, 7) is 0. The number of nitrogen functional groups attached to an aromatic ring is 1. The highest BCUT2D eigenvalue weighted by Gasteiger charge is 2.36. The van der Waals surface area contributed by atoms with E-state index in [4.69, 9.17) is 5.73 Å². The number of anilines is 1. The number of hydrogen-bond acceptors (Lipinski definition) is 4. The number of hydrogen-bond donors (Lipinski definition) is 1. The monoisotopic (exact) mass is 472 g/mol. The first-order valence-corrected chi connectivity index (χ1v) is 9.53. The fraction of sp³-hybridized carbons (Fsp3) is 0.0769. The molecule has 11 heteroatoms. The third-order valence-corrected chi connectivity index (χ3v) is 4.92. The Morgan fingerprint density at radius 2 is 1.92 bits per heavy atom. The van der Waals surface area contributed by atoms with Gasteiger partial charge in [0.25, 0.3) is 0 Å². The average molecular weight is 472 g/mol. The molecule has 0 aliphatic carbocycles. The standard InChI is InChI=1S/C13H6F5IN4S/c14-5-1-6-7(4-23(24-19)12(6)21-3-5)10-8(13(16,17)18)2-9(15)11(20)22-10/h1-4H,(H2,20,22). The summed E-state index contributed by atoms with van der Waals surface area (Å²) < 4.78 is 68.2. The predicted octanol–water partition coefficient (Wildman–Crippen LogP) is 4.82. The van der Waals surface area contributed by atoms with Crippen molar-refractivity contribution >= 4 is 47.2 Å². The zero-order chi connectivity index (χ0) is 17.6. The van der Waals surface area contributed by atoms with Crippen LogP contribution in [0.4, 0.5) is 27.8 Å². The molecule has 0 atom stereocenters. The summed E-state index contributed by atoms with van der Waals surface area (Å²) >= 11 is 1.90. The number of aromatic nitrogens is 3. The summed E-state index contributed by atoms with van der Waals surface area (Å²) in [5, 5.41) is 0.114. The molecule has 0 saturated heterocycles. The number of nitrogens with zero attached hydrogens (tertiary/aromatic N) is 3. The van der Waals surface area contributed by atoms with Crippen LogP contribution in [0.2, 0.25) is 0 Å². The van der Waals surface area contributed by atoms with Gasteiger partial charge in [0.05, 0.1) is 17.5 Å². The lowest BCUT2D eigenvalue weighted by atomic mass is 10.1. The lowest BCUT2D eigenvalue weighted by molar-refractivity contribution is -0.137. The Kier molecular flexibility index (Phi) is 4.32. The smallest absolute Gasteiger partial charge is 0.381 e. The molecule has 24 heavy (non-hydrogen) atoms. The van der Waals surface area contributed by atoms with Gasteiger partial charge in [0, 0.05) is 47.5 Å². The molecule has 4 nitrogen and oxygen atoms in total. The van der Waals surface area contributed by atoms with Crippen LogP contribution in [0.1, 0.15) is 5.56 Å². The van der Waals surface area contributed by atoms with Crippen molar-refractivity contribution in [3.8, 4) is 11.3 Å². The summed E-state index contributed by atoms with van der Waals surface area (Å²) in [4.78, 5) is 7.42. The minimum Gasteiger partial charge on any atom is -0.381 e. The number of halogens is 6. The van der Waals surface area contributed by atoms with E-state index in [1.54, 1.807) is 0 Å². The molecule has 0 aliphatic rings. The molecule has 0 radical (unpaired) electrons. The summed E-state index contributed by atoms with van der Waals surface area (Å²) in [6, 6.07) is 1.33. The highest BCUT2D eigenvalue weighted by Crippen LogP contribution is 2.41. The van der Waals surface area contributed by atoms with Crippen molar-refractivity contribution in [3.05, 3.63) is 41.7 Å². The maximum Gasteiger partial charge on any atom is 0.418 e. The molecule has 0 aliphatic heterocycles. The largest absolute Gasteiger partial charge is 0.418 e. The number of alkyl halides is 3. The lowest BCUT2D eigenvalue weighted by Crippen LogP contribution is -2.11. The van der Waals surface area contributed by atoms with Crippen molar-refractivity contribution in [3.63, 3.8) is 0 Å². The van der Waals surface area contributed by atoms with Crippen LogP contribution in [0.3, 0.4) is 0 Å². The Bertz CT molecular complexity index is 940. The van der Waals surface area contributed by atoms with Gasteiger partial charge in [0.1, 0.15) is 5.82 Å². The van der Waals surface area contributed by atoms with Crippen molar-refractivity contribution < 1.29 is 22.0 Å². The quantitative estimate of drug-likeness (QED) is 0.429. The van der Waals surface area contributed by atoms with Gasteiger partial charge in [-0.2, -0.15) is 13.2 Å². The first-order chi connectivity index (χ1) is 11.2. The predicted molar refractivity (Wildman–Crippen MR) is 89.3 cm³/mol. The summed E-state index contributed by atoms with van der Waals surface area (Å²) in [5.41, 5.74) is 3.66. The van der Waals surface area contributed by atoms with E-state index < -0.39 is 34.9 Å². The molecule has 3 rings (SSSR count). The van der Waals surface area contributed by atoms with Crippen LogP contribution < -0.4 is 5.73 Å². The molecule has 0 spiro atoms. The number of pyridine rings is 2. The van der Waals surface area contributed by atoms with Crippen LogP contribution in [0.25, 0.3) is 22.3 Å². The van der Waals surface area contributed by atoms with Crippen LogP contribution in [0.15, 0.2) is 24.5 Å². The third-order valence-electron chi connectivity index (χ3n) is 3.22. The van der Waals surface area contributed by atoms with Crippen LogP contribution in [0.5, 0.6) is 0 Å². The molecule has 0 saturated carbocycles. The lowest BCUT2D eigenvalue weighted by Gasteiger charge is -2.12. The van der Waals surface area contributed by atoms with Gasteiger partial charge in [-0.3, -0.25) is 3.97 Å². The number of rotatable bonds is 2. The van der Waals surface area contributed by atoms with E-state index in [1.165, 1.54) is 10.2 Å². The summed E-state index contributed by atoms with van der Waals surface area (Å²) in [7, 11) is 1.13. The maximum atomic E-state index is 13.5. The third kappa shape index (κ3) is 2.90. The van der Waals surface area contributed by atoms with Gasteiger partial charge in [-0.1, -0.05) is 0 Å². The van der Waals surface area contributed by atoms with E-state index in [9.17, 15) is 22.0 Å². The fourth-order valence-corrected chi connectivity index (χ4v) is 3.48. The highest BCUT2D eigenvalue weighted by atomic mass is 127. The molecule has 3 aromatic rings. The van der Waals surface area contributed by atoms with Gasteiger partial charge in [-0.05, 0) is 12.1 Å². The second-order valence-electron chi connectivity index (χ2n) is 4.71. The first kappa shape index (κ1) is 17.2. The minimum absolute atomic E-state index is 0.0415. The average Bonchev–Trinajstić information content (AvgIpc) is 2.86. The van der Waals surface area contributed by atoms with Crippen molar-refractivity contribution in [1.82, 2.24) is 13.9 Å². The molecule has 3 heterocycles. The highest BCUT2D eigenvalue weighted by molar-refractivity contribution is 14.2. The normalized spacial score (nSPS) is 12.1. The van der Waals surface area contributed by atoms with Crippen molar-refractivity contribution in [2.45, 2.75) is 6.18 Å². The van der Waals surface area contributed by atoms with Crippen molar-refractivity contribution in [1.29, 1.82) is 0 Å². The summed E-state index contributed by atoms with van der Waals surface area (Å²) in [6.07, 6.45) is -2.58. The molecule has 126 valence electrons. The number of nitrogens with two attached hydrogens (primary N) is 1. The van der Waals surface area contributed by atoms with Gasteiger partial charge < -0.3 is 5.73 Å². The Balaban J connectivity index is 2.40. The van der Waals surface area contributed by atoms with E-state index >= 15 is 0 Å². The molecular weight excluding hydrogens is 466 g/mol. The van der Waals surface area contributed by atoms with Gasteiger partial charge in [0.2, 0.25) is 0 Å². The molecule has 0 fully saturated rings. The SMILES string of the molecule is Nc1nc(-c2cn(SI)c3ncc(F)cc23)c(C(F)(F)F)cc1F.